The number of carbonyl (C=O) groups is 4. The maximum absolute atomic E-state index is 13.0. The Labute approximate surface area is 209 Å². The maximum Gasteiger partial charge on any atom is 0.326 e. The number of hydrogen-bond acceptors (Lipinski definition) is 7. The molecule has 0 aliphatic carbocycles. The standard InChI is InChI=1S/C23H35N7O6/c24-23(25)27-11-5-9-16(28-19(32)15-8-4-10-26-15)20(33)30-18(13-31)21(34)29-17(22(35)36)12-14-6-2-1-3-7-14/h1-3,6-7,15-18,26,31H,4-5,8-13H2,(H,28,32)(H,29,34)(H,30,33)(H,35,36)(H4,24,25,27)/t15-,16-,17-,18-/m0/s1. The second-order valence-corrected chi connectivity index (χ2v) is 8.49. The van der Waals surface area contributed by atoms with E-state index in [0.717, 1.165) is 6.42 Å². The fraction of sp³-hybridized carbons (Fsp3) is 0.522. The lowest BCUT2D eigenvalue weighted by Gasteiger charge is -2.24. The summed E-state index contributed by atoms with van der Waals surface area (Å²) < 4.78 is 0. The summed E-state index contributed by atoms with van der Waals surface area (Å²) in [6.07, 6.45) is 2.02. The van der Waals surface area contributed by atoms with Crippen LogP contribution in [0.4, 0.5) is 0 Å². The number of aliphatic carboxylic acids is 1. The van der Waals surface area contributed by atoms with E-state index >= 15 is 0 Å². The van der Waals surface area contributed by atoms with Gasteiger partial charge in [0.15, 0.2) is 5.96 Å². The zero-order valence-electron chi connectivity index (χ0n) is 20.0. The molecule has 36 heavy (non-hydrogen) atoms. The molecule has 0 unspecified atom stereocenters. The zero-order chi connectivity index (χ0) is 26.5. The second kappa shape index (κ2) is 14.6. The zero-order valence-corrected chi connectivity index (χ0v) is 20.0. The van der Waals surface area contributed by atoms with Crippen LogP contribution < -0.4 is 32.7 Å². The number of carbonyl (C=O) groups excluding carboxylic acids is 3. The van der Waals surface area contributed by atoms with E-state index in [-0.39, 0.29) is 31.3 Å². The first-order valence-electron chi connectivity index (χ1n) is 11.8. The average molecular weight is 506 g/mol. The molecule has 0 aromatic heterocycles. The number of amides is 3. The molecule has 1 aliphatic heterocycles. The summed E-state index contributed by atoms with van der Waals surface area (Å²) >= 11 is 0. The normalized spacial score (nSPS) is 17.3. The number of aliphatic hydroxyl groups excluding tert-OH is 1. The molecule has 1 aliphatic rings. The Morgan fingerprint density at radius 3 is 2.28 bits per heavy atom. The van der Waals surface area contributed by atoms with Gasteiger partial charge in [-0.2, -0.15) is 0 Å². The van der Waals surface area contributed by atoms with Crippen LogP contribution in [0.1, 0.15) is 31.2 Å². The number of nitrogens with two attached hydrogens (primary N) is 2. The molecule has 0 spiro atoms. The number of carboxylic acids is 1. The van der Waals surface area contributed by atoms with Crippen molar-refractivity contribution < 1.29 is 29.4 Å². The Balaban J connectivity index is 2.03. The predicted molar refractivity (Wildman–Crippen MR) is 132 cm³/mol. The molecule has 2 rings (SSSR count). The molecule has 0 bridgehead atoms. The van der Waals surface area contributed by atoms with Crippen molar-refractivity contribution >= 4 is 29.7 Å². The van der Waals surface area contributed by atoms with Gasteiger partial charge in [0.2, 0.25) is 17.7 Å². The van der Waals surface area contributed by atoms with Crippen LogP contribution >= 0.6 is 0 Å². The van der Waals surface area contributed by atoms with Crippen LogP contribution in [0.2, 0.25) is 0 Å². The first-order valence-corrected chi connectivity index (χ1v) is 11.8. The monoisotopic (exact) mass is 505 g/mol. The predicted octanol–water partition coefficient (Wildman–Crippen LogP) is -2.43. The van der Waals surface area contributed by atoms with Gasteiger partial charge in [-0.1, -0.05) is 30.3 Å². The van der Waals surface area contributed by atoms with Crippen LogP contribution in [0.15, 0.2) is 35.3 Å². The van der Waals surface area contributed by atoms with Crippen LogP contribution in [0.5, 0.6) is 0 Å². The van der Waals surface area contributed by atoms with Crippen LogP contribution in [0.25, 0.3) is 0 Å². The van der Waals surface area contributed by atoms with E-state index in [4.69, 9.17) is 11.5 Å². The number of aliphatic hydroxyl groups is 1. The molecule has 1 heterocycles. The Bertz CT molecular complexity index is 917. The molecule has 1 aromatic rings. The highest BCUT2D eigenvalue weighted by molar-refractivity contribution is 5.94. The van der Waals surface area contributed by atoms with Gasteiger partial charge in [0.1, 0.15) is 18.1 Å². The minimum atomic E-state index is -1.42. The van der Waals surface area contributed by atoms with Crippen molar-refractivity contribution in [1.82, 2.24) is 21.3 Å². The first kappa shape index (κ1) is 28.5. The summed E-state index contributed by atoms with van der Waals surface area (Å²) in [4.78, 5) is 53.8. The average Bonchev–Trinajstić information content (AvgIpc) is 3.39. The van der Waals surface area contributed by atoms with E-state index in [2.05, 4.69) is 26.3 Å². The molecule has 1 aromatic carbocycles. The number of benzene rings is 1. The topological polar surface area (TPSA) is 221 Å². The second-order valence-electron chi connectivity index (χ2n) is 8.49. The van der Waals surface area contributed by atoms with Crippen LogP contribution in [0, 0.1) is 0 Å². The molecule has 13 heteroatoms. The lowest BCUT2D eigenvalue weighted by Crippen LogP contribution is -2.58. The number of aliphatic imine (C=N–C) groups is 1. The van der Waals surface area contributed by atoms with E-state index in [1.807, 2.05) is 0 Å². The van der Waals surface area contributed by atoms with Crippen molar-refractivity contribution in [2.24, 2.45) is 16.5 Å². The summed E-state index contributed by atoms with van der Waals surface area (Å²) in [7, 11) is 0. The Hall–Kier alpha value is -3.71. The Morgan fingerprint density at radius 1 is 1.03 bits per heavy atom. The summed E-state index contributed by atoms with van der Waals surface area (Å²) in [6.45, 7) is 0.154. The number of guanidine groups is 1. The molecular weight excluding hydrogens is 470 g/mol. The molecule has 10 N–H and O–H groups in total. The van der Waals surface area contributed by atoms with E-state index in [9.17, 15) is 29.4 Å². The van der Waals surface area contributed by atoms with E-state index in [0.29, 0.717) is 24.9 Å². The minimum absolute atomic E-state index is 0.0197. The minimum Gasteiger partial charge on any atom is -0.480 e. The van der Waals surface area contributed by atoms with Gasteiger partial charge in [0.05, 0.1) is 12.6 Å². The molecule has 4 atom stereocenters. The molecule has 1 fully saturated rings. The summed E-state index contributed by atoms with van der Waals surface area (Å²) in [6, 6.07) is 4.59. The Kier molecular flexibility index (Phi) is 11.6. The molecule has 0 radical (unpaired) electrons. The number of nitrogens with zero attached hydrogens (tertiary/aromatic N) is 1. The third-order valence-corrected chi connectivity index (χ3v) is 5.67. The number of rotatable bonds is 14. The highest BCUT2D eigenvalue weighted by Crippen LogP contribution is 2.08. The van der Waals surface area contributed by atoms with Gasteiger partial charge in [-0.15, -0.1) is 0 Å². The number of hydrogen-bond donors (Lipinski definition) is 8. The van der Waals surface area contributed by atoms with Crippen molar-refractivity contribution in [3.05, 3.63) is 35.9 Å². The van der Waals surface area contributed by atoms with Gasteiger partial charge in [-0.25, -0.2) is 4.79 Å². The molecular formula is C23H35N7O6. The third-order valence-electron chi connectivity index (χ3n) is 5.67. The van der Waals surface area contributed by atoms with Gasteiger partial charge in [-0.3, -0.25) is 19.4 Å². The van der Waals surface area contributed by atoms with Crippen LogP contribution in [-0.4, -0.2) is 83.7 Å². The highest BCUT2D eigenvalue weighted by Gasteiger charge is 2.31. The smallest absolute Gasteiger partial charge is 0.326 e. The van der Waals surface area contributed by atoms with Crippen LogP contribution in [-0.2, 0) is 25.6 Å². The van der Waals surface area contributed by atoms with E-state index < -0.39 is 48.6 Å². The highest BCUT2D eigenvalue weighted by atomic mass is 16.4. The lowest BCUT2D eigenvalue weighted by molar-refractivity contribution is -0.142. The van der Waals surface area contributed by atoms with Gasteiger partial charge in [0.25, 0.3) is 0 Å². The largest absolute Gasteiger partial charge is 0.480 e. The molecule has 3 amide bonds. The van der Waals surface area contributed by atoms with Crippen molar-refractivity contribution in [2.45, 2.75) is 56.3 Å². The number of nitrogens with one attached hydrogen (secondary N) is 4. The van der Waals surface area contributed by atoms with Gasteiger partial charge in [-0.05, 0) is 37.8 Å². The van der Waals surface area contributed by atoms with Crippen molar-refractivity contribution in [2.75, 3.05) is 19.7 Å². The van der Waals surface area contributed by atoms with Crippen molar-refractivity contribution in [3.8, 4) is 0 Å². The van der Waals surface area contributed by atoms with Gasteiger partial charge < -0.3 is 42.9 Å². The molecule has 0 saturated carbocycles. The summed E-state index contributed by atoms with van der Waals surface area (Å²) in [5.74, 6) is -3.28. The van der Waals surface area contributed by atoms with Crippen LogP contribution in [0.3, 0.4) is 0 Å². The molecule has 13 nitrogen and oxygen atoms in total. The van der Waals surface area contributed by atoms with E-state index in [1.165, 1.54) is 0 Å². The molecule has 1 saturated heterocycles. The fourth-order valence-electron chi connectivity index (χ4n) is 3.74. The Morgan fingerprint density at radius 2 is 1.69 bits per heavy atom. The van der Waals surface area contributed by atoms with Crippen molar-refractivity contribution in [3.63, 3.8) is 0 Å². The summed E-state index contributed by atoms with van der Waals surface area (Å²) in [5.41, 5.74) is 11.3. The quantitative estimate of drug-likeness (QED) is 0.0763. The van der Waals surface area contributed by atoms with E-state index in [1.54, 1.807) is 30.3 Å². The summed E-state index contributed by atoms with van der Waals surface area (Å²) in [5, 5.41) is 29.7. The lowest BCUT2D eigenvalue weighted by atomic mass is 10.1. The SMILES string of the molecule is NC(N)=NCCC[C@H](NC(=O)[C@@H]1CCCN1)C(=O)N[C@@H](CO)C(=O)N[C@@H](Cc1ccccc1)C(=O)O. The first-order chi connectivity index (χ1) is 17.2. The third kappa shape index (κ3) is 9.50. The van der Waals surface area contributed by atoms with Gasteiger partial charge >= 0.3 is 5.97 Å². The molecule has 198 valence electrons. The van der Waals surface area contributed by atoms with Crippen molar-refractivity contribution in [1.29, 1.82) is 0 Å². The fourth-order valence-corrected chi connectivity index (χ4v) is 3.74. The maximum atomic E-state index is 13.0. The number of carboxylic acid groups (broad SMARTS) is 1. The van der Waals surface area contributed by atoms with Gasteiger partial charge in [0, 0.05) is 13.0 Å².